The first-order valence-electron chi connectivity index (χ1n) is 8.57. The van der Waals surface area contributed by atoms with E-state index in [2.05, 4.69) is 0 Å². The van der Waals surface area contributed by atoms with Crippen LogP contribution in [-0.2, 0) is 23.0 Å². The molecule has 7 heteroatoms. The summed E-state index contributed by atoms with van der Waals surface area (Å²) < 4.78 is 50.5. The lowest BCUT2D eigenvalue weighted by Gasteiger charge is -2.30. The highest BCUT2D eigenvalue weighted by Gasteiger charge is 2.28. The van der Waals surface area contributed by atoms with Gasteiger partial charge in [0.1, 0.15) is 18.5 Å². The highest BCUT2D eigenvalue weighted by molar-refractivity contribution is 7.85. The van der Waals surface area contributed by atoms with Crippen molar-refractivity contribution in [3.63, 3.8) is 0 Å². The van der Waals surface area contributed by atoms with Gasteiger partial charge in [0.15, 0.2) is 11.5 Å². The Kier molecular flexibility index (Phi) is 4.28. The highest BCUT2D eigenvalue weighted by atomic mass is 32.2. The van der Waals surface area contributed by atoms with Crippen LogP contribution in [0.25, 0.3) is 0 Å². The molecule has 0 bridgehead atoms. The molecule has 2 aromatic rings. The summed E-state index contributed by atoms with van der Waals surface area (Å²) in [4.78, 5) is -0.0871. The third-order valence-electron chi connectivity index (χ3n) is 4.66. The number of benzene rings is 2. The quantitative estimate of drug-likeness (QED) is 0.830. The van der Waals surface area contributed by atoms with Crippen molar-refractivity contribution in [2.75, 3.05) is 13.2 Å². The summed E-state index contributed by atoms with van der Waals surface area (Å²) in [5.41, 5.74) is 2.43. The molecule has 1 atom stereocenters. The Bertz CT molecular complexity index is 951. The summed E-state index contributed by atoms with van der Waals surface area (Å²) in [5, 5.41) is 0. The molecule has 4 rings (SSSR count). The van der Waals surface area contributed by atoms with Crippen molar-refractivity contribution in [2.24, 2.45) is 0 Å². The van der Waals surface area contributed by atoms with Crippen molar-refractivity contribution >= 4 is 10.1 Å². The van der Waals surface area contributed by atoms with Gasteiger partial charge in [-0.15, -0.1) is 0 Å². The van der Waals surface area contributed by atoms with Crippen LogP contribution in [0.1, 0.15) is 23.1 Å². The number of fused-ring (bicyclic) bond motifs is 3. The fourth-order valence-electron chi connectivity index (χ4n) is 3.48. The molecule has 0 saturated carbocycles. The molecular formula is C19H20O6S. The summed E-state index contributed by atoms with van der Waals surface area (Å²) in [6.07, 6.45) is 1.75. The second-order valence-electron chi connectivity index (χ2n) is 6.66. The van der Waals surface area contributed by atoms with Gasteiger partial charge in [0.25, 0.3) is 10.1 Å². The van der Waals surface area contributed by atoms with E-state index in [1.165, 1.54) is 6.07 Å². The molecule has 0 saturated heterocycles. The molecule has 0 aromatic heterocycles. The third kappa shape index (κ3) is 3.24. The Morgan fingerprint density at radius 1 is 1.15 bits per heavy atom. The van der Waals surface area contributed by atoms with Crippen molar-refractivity contribution in [1.29, 1.82) is 0 Å². The standard InChI is InChI=1S/C19H20O6S/c1-12-4-7-18(26(20,21)22)13(9-12)10-14-11-24-17-6-5-16-15(19(17)25-14)3-2-8-23-16/h4-7,9,14H,2-3,8,10-11H2,1H3,(H,20,21,22). The molecule has 6 nitrogen and oxygen atoms in total. The van der Waals surface area contributed by atoms with Crippen molar-refractivity contribution in [2.45, 2.75) is 37.2 Å². The monoisotopic (exact) mass is 376 g/mol. The molecule has 2 aliphatic heterocycles. The molecule has 26 heavy (non-hydrogen) atoms. The largest absolute Gasteiger partial charge is 0.493 e. The van der Waals surface area contributed by atoms with Gasteiger partial charge >= 0.3 is 0 Å². The Morgan fingerprint density at radius 3 is 2.77 bits per heavy atom. The van der Waals surface area contributed by atoms with Crippen LogP contribution in [0, 0.1) is 6.92 Å². The van der Waals surface area contributed by atoms with Gasteiger partial charge in [0.05, 0.1) is 11.5 Å². The molecule has 0 radical (unpaired) electrons. The summed E-state index contributed by atoms with van der Waals surface area (Å²) in [6, 6.07) is 8.58. The minimum atomic E-state index is -4.29. The Hall–Kier alpha value is -2.25. The van der Waals surface area contributed by atoms with Crippen molar-refractivity contribution in [3.8, 4) is 17.2 Å². The predicted octanol–water partition coefficient (Wildman–Crippen LogP) is 2.95. The van der Waals surface area contributed by atoms with Crippen molar-refractivity contribution < 1.29 is 27.2 Å². The Labute approximate surface area is 152 Å². The average molecular weight is 376 g/mol. The number of ether oxygens (including phenoxy) is 3. The van der Waals surface area contributed by atoms with Gasteiger partial charge in [0, 0.05) is 12.0 Å². The first-order valence-corrected chi connectivity index (χ1v) is 10.0. The van der Waals surface area contributed by atoms with Crippen LogP contribution in [0.15, 0.2) is 35.2 Å². The van der Waals surface area contributed by atoms with E-state index < -0.39 is 10.1 Å². The van der Waals surface area contributed by atoms with Crippen LogP contribution in [0.3, 0.4) is 0 Å². The molecule has 0 fully saturated rings. The minimum Gasteiger partial charge on any atom is -0.493 e. The predicted molar refractivity (Wildman–Crippen MR) is 94.9 cm³/mol. The second-order valence-corrected chi connectivity index (χ2v) is 8.05. The molecule has 0 spiro atoms. The molecule has 2 aliphatic rings. The van der Waals surface area contributed by atoms with Crippen LogP contribution < -0.4 is 14.2 Å². The van der Waals surface area contributed by atoms with E-state index in [0.29, 0.717) is 36.7 Å². The first-order chi connectivity index (χ1) is 12.4. The lowest BCUT2D eigenvalue weighted by molar-refractivity contribution is 0.0879. The lowest BCUT2D eigenvalue weighted by Crippen LogP contribution is -2.32. The Morgan fingerprint density at radius 2 is 1.96 bits per heavy atom. The van der Waals surface area contributed by atoms with Crippen LogP contribution >= 0.6 is 0 Å². The summed E-state index contributed by atoms with van der Waals surface area (Å²) in [5.74, 6) is 2.18. The van der Waals surface area contributed by atoms with E-state index >= 15 is 0 Å². The van der Waals surface area contributed by atoms with E-state index in [1.807, 2.05) is 19.1 Å². The summed E-state index contributed by atoms with van der Waals surface area (Å²) in [7, 11) is -4.29. The van der Waals surface area contributed by atoms with Gasteiger partial charge in [-0.3, -0.25) is 4.55 Å². The molecule has 138 valence electrons. The second kappa shape index (κ2) is 6.48. The normalized spacial score (nSPS) is 18.8. The van der Waals surface area contributed by atoms with Crippen LogP contribution in [0.5, 0.6) is 17.2 Å². The summed E-state index contributed by atoms with van der Waals surface area (Å²) in [6.45, 7) is 2.88. The van der Waals surface area contributed by atoms with Crippen LogP contribution in [-0.4, -0.2) is 32.3 Å². The fourth-order valence-corrected chi connectivity index (χ4v) is 4.20. The van der Waals surface area contributed by atoms with Gasteiger partial charge in [-0.05, 0) is 43.5 Å². The van der Waals surface area contributed by atoms with Gasteiger partial charge in [0.2, 0.25) is 0 Å². The zero-order chi connectivity index (χ0) is 18.3. The Balaban J connectivity index is 1.64. The maximum Gasteiger partial charge on any atom is 0.294 e. The van der Waals surface area contributed by atoms with E-state index in [4.69, 9.17) is 14.2 Å². The van der Waals surface area contributed by atoms with Crippen molar-refractivity contribution in [1.82, 2.24) is 0 Å². The first kappa shape index (κ1) is 17.2. The average Bonchev–Trinajstić information content (AvgIpc) is 2.60. The number of hydrogen-bond donors (Lipinski definition) is 1. The van der Waals surface area contributed by atoms with Gasteiger partial charge in [-0.25, -0.2) is 0 Å². The van der Waals surface area contributed by atoms with E-state index in [0.717, 1.165) is 29.7 Å². The van der Waals surface area contributed by atoms with E-state index in [-0.39, 0.29) is 11.0 Å². The van der Waals surface area contributed by atoms with Crippen LogP contribution in [0.2, 0.25) is 0 Å². The molecule has 0 aliphatic carbocycles. The zero-order valence-electron chi connectivity index (χ0n) is 14.4. The molecular weight excluding hydrogens is 356 g/mol. The molecule has 2 aromatic carbocycles. The van der Waals surface area contributed by atoms with Gasteiger partial charge in [-0.1, -0.05) is 17.7 Å². The molecule has 1 N–H and O–H groups in total. The van der Waals surface area contributed by atoms with Crippen molar-refractivity contribution in [3.05, 3.63) is 47.0 Å². The maximum atomic E-state index is 11.7. The molecule has 0 amide bonds. The number of aryl methyl sites for hydroxylation is 1. The SMILES string of the molecule is Cc1ccc(S(=O)(=O)O)c(CC2COc3ccc4c(c3O2)CCCO4)c1. The third-order valence-corrected chi connectivity index (χ3v) is 5.61. The van der Waals surface area contributed by atoms with Gasteiger partial charge in [-0.2, -0.15) is 8.42 Å². The zero-order valence-corrected chi connectivity index (χ0v) is 15.2. The summed E-state index contributed by atoms with van der Waals surface area (Å²) >= 11 is 0. The topological polar surface area (TPSA) is 82.1 Å². The highest BCUT2D eigenvalue weighted by Crippen LogP contribution is 2.43. The van der Waals surface area contributed by atoms with Gasteiger partial charge < -0.3 is 14.2 Å². The smallest absolute Gasteiger partial charge is 0.294 e. The number of rotatable bonds is 3. The molecule has 1 unspecified atom stereocenters. The maximum absolute atomic E-state index is 11.7. The van der Waals surface area contributed by atoms with E-state index in [9.17, 15) is 13.0 Å². The van der Waals surface area contributed by atoms with Crippen LogP contribution in [0.4, 0.5) is 0 Å². The fraction of sp³-hybridized carbons (Fsp3) is 0.368. The number of hydrogen-bond acceptors (Lipinski definition) is 5. The molecule has 2 heterocycles. The minimum absolute atomic E-state index is 0.0871. The van der Waals surface area contributed by atoms with E-state index in [1.54, 1.807) is 12.1 Å². The lowest BCUT2D eigenvalue weighted by atomic mass is 10.0.